The molecule has 4 heteroatoms. The molecule has 20 heavy (non-hydrogen) atoms. The summed E-state index contributed by atoms with van der Waals surface area (Å²) in [5.74, 6) is 1.60. The Morgan fingerprint density at radius 3 is 2.20 bits per heavy atom. The molecule has 3 atom stereocenters. The topological polar surface area (TPSA) is 37.4 Å². The van der Waals surface area contributed by atoms with E-state index < -0.39 is 10.0 Å². The van der Waals surface area contributed by atoms with Crippen molar-refractivity contribution >= 4 is 10.0 Å². The molecule has 1 unspecified atom stereocenters. The Morgan fingerprint density at radius 2 is 1.70 bits per heavy atom. The molecule has 1 saturated heterocycles. The first-order valence-corrected chi connectivity index (χ1v) is 8.64. The number of nitrogens with zero attached hydrogens (tertiary/aromatic N) is 1. The van der Waals surface area contributed by atoms with Gasteiger partial charge in [-0.05, 0) is 49.7 Å². The summed E-state index contributed by atoms with van der Waals surface area (Å²) >= 11 is 0. The number of hydrogen-bond acceptors (Lipinski definition) is 2. The van der Waals surface area contributed by atoms with Gasteiger partial charge in [-0.3, -0.25) is 0 Å². The highest BCUT2D eigenvalue weighted by Gasteiger charge is 2.43. The summed E-state index contributed by atoms with van der Waals surface area (Å²) in [7, 11) is -3.31. The van der Waals surface area contributed by atoms with Gasteiger partial charge in [-0.2, -0.15) is 4.31 Å². The summed E-state index contributed by atoms with van der Waals surface area (Å²) in [6.45, 7) is 7.17. The van der Waals surface area contributed by atoms with Crippen LogP contribution in [0.15, 0.2) is 41.8 Å². The minimum absolute atomic E-state index is 0.420. The molecule has 3 nitrogen and oxygen atoms in total. The molecule has 2 fully saturated rings. The summed E-state index contributed by atoms with van der Waals surface area (Å²) in [6.07, 6.45) is 4.21. The largest absolute Gasteiger partial charge is 0.243 e. The third kappa shape index (κ3) is 2.31. The summed E-state index contributed by atoms with van der Waals surface area (Å²) in [4.78, 5) is 0.420. The van der Waals surface area contributed by atoms with Gasteiger partial charge in [0.2, 0.25) is 10.0 Å². The van der Waals surface area contributed by atoms with E-state index in [4.69, 9.17) is 0 Å². The number of sulfonamides is 1. The summed E-state index contributed by atoms with van der Waals surface area (Å²) < 4.78 is 26.9. The van der Waals surface area contributed by atoms with Crippen LogP contribution in [0.3, 0.4) is 0 Å². The fraction of sp³-hybridized carbons (Fsp3) is 0.500. The molecule has 1 aromatic carbocycles. The zero-order valence-corrected chi connectivity index (χ0v) is 12.6. The van der Waals surface area contributed by atoms with Crippen LogP contribution in [-0.4, -0.2) is 25.8 Å². The van der Waals surface area contributed by atoms with Gasteiger partial charge < -0.3 is 0 Å². The lowest BCUT2D eigenvalue weighted by atomic mass is 10.0. The molecule has 108 valence electrons. The smallest absolute Gasteiger partial charge is 0.207 e. The minimum atomic E-state index is -3.31. The van der Waals surface area contributed by atoms with Crippen LogP contribution in [0.25, 0.3) is 0 Å². The Kier molecular flexibility index (Phi) is 3.46. The highest BCUT2D eigenvalue weighted by atomic mass is 32.2. The van der Waals surface area contributed by atoms with E-state index in [1.807, 2.05) is 25.1 Å². The lowest BCUT2D eigenvalue weighted by Gasteiger charge is -2.18. The molecule has 1 saturated carbocycles. The van der Waals surface area contributed by atoms with Crippen molar-refractivity contribution in [2.75, 3.05) is 13.1 Å². The van der Waals surface area contributed by atoms with Crippen molar-refractivity contribution < 1.29 is 8.42 Å². The van der Waals surface area contributed by atoms with Gasteiger partial charge in [0.15, 0.2) is 0 Å². The van der Waals surface area contributed by atoms with Crippen LogP contribution < -0.4 is 0 Å². The molecule has 0 spiro atoms. The SMILES string of the molecule is C=CC1C[C@@H]2CN(S(=O)(=O)c3ccc(C)cc3)C[C@@H]2C1. The van der Waals surface area contributed by atoms with E-state index in [-0.39, 0.29) is 0 Å². The summed E-state index contributed by atoms with van der Waals surface area (Å²) in [5, 5.41) is 0. The second-order valence-electron chi connectivity index (χ2n) is 6.12. The zero-order chi connectivity index (χ0) is 14.3. The van der Waals surface area contributed by atoms with Crippen molar-refractivity contribution in [2.45, 2.75) is 24.7 Å². The summed E-state index contributed by atoms with van der Waals surface area (Å²) in [5.41, 5.74) is 1.08. The molecule has 1 heterocycles. The monoisotopic (exact) mass is 291 g/mol. The molecule has 0 aromatic heterocycles. The number of benzene rings is 1. The molecule has 3 rings (SSSR count). The zero-order valence-electron chi connectivity index (χ0n) is 11.8. The Bertz CT molecular complexity index is 592. The van der Waals surface area contributed by atoms with E-state index in [0.717, 1.165) is 18.4 Å². The third-order valence-electron chi connectivity index (χ3n) is 4.75. The highest BCUT2D eigenvalue weighted by Crippen LogP contribution is 2.43. The first-order chi connectivity index (χ1) is 9.50. The van der Waals surface area contributed by atoms with Gasteiger partial charge in [-0.1, -0.05) is 23.8 Å². The van der Waals surface area contributed by atoms with E-state index in [2.05, 4.69) is 6.58 Å². The first-order valence-electron chi connectivity index (χ1n) is 7.20. The van der Waals surface area contributed by atoms with Crippen LogP contribution >= 0.6 is 0 Å². The lowest BCUT2D eigenvalue weighted by Crippen LogP contribution is -2.30. The normalized spacial score (nSPS) is 30.4. The molecule has 1 aliphatic carbocycles. The van der Waals surface area contributed by atoms with Gasteiger partial charge in [0.05, 0.1) is 4.90 Å². The Morgan fingerprint density at radius 1 is 1.15 bits per heavy atom. The Balaban J connectivity index is 1.78. The average molecular weight is 291 g/mol. The van der Waals surface area contributed by atoms with E-state index in [1.54, 1.807) is 16.4 Å². The van der Waals surface area contributed by atoms with E-state index >= 15 is 0 Å². The average Bonchev–Trinajstić information content (AvgIpc) is 2.97. The predicted molar refractivity (Wildman–Crippen MR) is 79.8 cm³/mol. The lowest BCUT2D eigenvalue weighted by molar-refractivity contribution is 0.431. The van der Waals surface area contributed by atoms with Crippen molar-refractivity contribution in [3.8, 4) is 0 Å². The van der Waals surface area contributed by atoms with Crippen LogP contribution in [-0.2, 0) is 10.0 Å². The minimum Gasteiger partial charge on any atom is -0.207 e. The number of aryl methyl sites for hydroxylation is 1. The van der Waals surface area contributed by atoms with E-state index in [1.165, 1.54) is 0 Å². The Labute approximate surface area is 121 Å². The van der Waals surface area contributed by atoms with Gasteiger partial charge in [0.25, 0.3) is 0 Å². The molecule has 1 aliphatic heterocycles. The third-order valence-corrected chi connectivity index (χ3v) is 6.59. The van der Waals surface area contributed by atoms with Gasteiger partial charge in [0, 0.05) is 13.1 Å². The number of fused-ring (bicyclic) bond motifs is 1. The molecule has 0 N–H and O–H groups in total. The molecule has 1 aromatic rings. The number of allylic oxidation sites excluding steroid dienone is 1. The highest BCUT2D eigenvalue weighted by molar-refractivity contribution is 7.89. The van der Waals surface area contributed by atoms with Gasteiger partial charge >= 0.3 is 0 Å². The van der Waals surface area contributed by atoms with Crippen molar-refractivity contribution in [3.63, 3.8) is 0 Å². The molecule has 0 bridgehead atoms. The maximum absolute atomic E-state index is 12.6. The van der Waals surface area contributed by atoms with Crippen molar-refractivity contribution in [2.24, 2.45) is 17.8 Å². The van der Waals surface area contributed by atoms with Gasteiger partial charge in [-0.15, -0.1) is 6.58 Å². The second kappa shape index (κ2) is 5.01. The van der Waals surface area contributed by atoms with Gasteiger partial charge in [0.1, 0.15) is 0 Å². The number of rotatable bonds is 3. The van der Waals surface area contributed by atoms with E-state index in [0.29, 0.717) is 35.7 Å². The van der Waals surface area contributed by atoms with Crippen LogP contribution in [0.2, 0.25) is 0 Å². The summed E-state index contributed by atoms with van der Waals surface area (Å²) in [6, 6.07) is 7.14. The molecule has 0 amide bonds. The standard InChI is InChI=1S/C16H21NO2S/c1-3-13-8-14-10-17(11-15(14)9-13)20(18,19)16-6-4-12(2)5-7-16/h3-7,13-15H,1,8-11H2,2H3/t13?,14-,15+. The maximum atomic E-state index is 12.6. The van der Waals surface area contributed by atoms with Gasteiger partial charge in [-0.25, -0.2) is 8.42 Å². The fourth-order valence-electron chi connectivity index (χ4n) is 3.55. The molecular formula is C16H21NO2S. The van der Waals surface area contributed by atoms with Crippen molar-refractivity contribution in [1.29, 1.82) is 0 Å². The first kappa shape index (κ1) is 13.8. The maximum Gasteiger partial charge on any atom is 0.243 e. The van der Waals surface area contributed by atoms with Crippen molar-refractivity contribution in [3.05, 3.63) is 42.5 Å². The fourth-order valence-corrected chi connectivity index (χ4v) is 5.11. The quantitative estimate of drug-likeness (QED) is 0.803. The Hall–Kier alpha value is -1.13. The van der Waals surface area contributed by atoms with E-state index in [9.17, 15) is 8.42 Å². The predicted octanol–water partition coefficient (Wildman–Crippen LogP) is 2.83. The second-order valence-corrected chi connectivity index (χ2v) is 8.06. The van der Waals surface area contributed by atoms with Crippen LogP contribution in [0.1, 0.15) is 18.4 Å². The van der Waals surface area contributed by atoms with Crippen molar-refractivity contribution in [1.82, 2.24) is 4.31 Å². The molecular weight excluding hydrogens is 270 g/mol. The molecule has 0 radical (unpaired) electrons. The van der Waals surface area contributed by atoms with Crippen LogP contribution in [0, 0.1) is 24.7 Å². The van der Waals surface area contributed by atoms with Crippen LogP contribution in [0.5, 0.6) is 0 Å². The van der Waals surface area contributed by atoms with Crippen LogP contribution in [0.4, 0.5) is 0 Å². The molecule has 2 aliphatic rings. The number of hydrogen-bond donors (Lipinski definition) is 0.